The average molecular weight is 336 g/mol. The summed E-state index contributed by atoms with van der Waals surface area (Å²) in [6, 6.07) is 9.65. The van der Waals surface area contributed by atoms with Crippen molar-refractivity contribution in [2.75, 3.05) is 17.9 Å². The van der Waals surface area contributed by atoms with Gasteiger partial charge >= 0.3 is 0 Å². The summed E-state index contributed by atoms with van der Waals surface area (Å²) >= 11 is 1.17. The molecule has 0 saturated heterocycles. The van der Waals surface area contributed by atoms with Gasteiger partial charge in [0.25, 0.3) is 15.9 Å². The number of carbonyl (C=O) groups excluding carboxylic acids is 1. The van der Waals surface area contributed by atoms with E-state index in [9.17, 15) is 13.2 Å². The van der Waals surface area contributed by atoms with Crippen LogP contribution in [0.2, 0.25) is 0 Å². The van der Waals surface area contributed by atoms with Crippen LogP contribution in [-0.2, 0) is 10.0 Å². The van der Waals surface area contributed by atoms with E-state index in [-0.39, 0.29) is 10.1 Å². The molecule has 0 aliphatic carbocycles. The normalized spacial score (nSPS) is 11.0. The van der Waals surface area contributed by atoms with E-state index in [2.05, 4.69) is 11.9 Å². The van der Waals surface area contributed by atoms with Gasteiger partial charge in [0.2, 0.25) is 0 Å². The van der Waals surface area contributed by atoms with Gasteiger partial charge in [-0.1, -0.05) is 12.1 Å². The van der Waals surface area contributed by atoms with Crippen molar-refractivity contribution >= 4 is 33.0 Å². The Hall–Kier alpha value is -2.12. The molecule has 2 aromatic rings. The van der Waals surface area contributed by atoms with E-state index in [1.54, 1.807) is 47.9 Å². The first-order chi connectivity index (χ1) is 10.5. The van der Waals surface area contributed by atoms with Crippen molar-refractivity contribution in [3.8, 4) is 0 Å². The fraction of sp³-hybridized carbons (Fsp3) is 0.133. The van der Waals surface area contributed by atoms with Gasteiger partial charge in [-0.2, -0.15) is 0 Å². The van der Waals surface area contributed by atoms with E-state index in [1.807, 2.05) is 0 Å². The van der Waals surface area contributed by atoms with Gasteiger partial charge in [0.1, 0.15) is 4.21 Å². The van der Waals surface area contributed by atoms with Gasteiger partial charge in [-0.15, -0.1) is 17.9 Å². The molecule has 0 aliphatic heterocycles. The zero-order chi connectivity index (χ0) is 16.2. The number of benzene rings is 1. The van der Waals surface area contributed by atoms with Crippen molar-refractivity contribution in [2.24, 2.45) is 0 Å². The first kappa shape index (κ1) is 16.3. The third kappa shape index (κ3) is 3.37. The monoisotopic (exact) mass is 336 g/mol. The predicted octanol–water partition coefficient (Wildman–Crippen LogP) is 2.49. The van der Waals surface area contributed by atoms with Crippen LogP contribution in [0.1, 0.15) is 10.4 Å². The second kappa shape index (κ2) is 6.76. The van der Waals surface area contributed by atoms with Crippen LogP contribution in [0.25, 0.3) is 0 Å². The molecule has 0 atom stereocenters. The van der Waals surface area contributed by atoms with E-state index in [0.29, 0.717) is 17.8 Å². The Balaban J connectivity index is 2.20. The van der Waals surface area contributed by atoms with Crippen LogP contribution in [0, 0.1) is 0 Å². The first-order valence-electron chi connectivity index (χ1n) is 6.48. The maximum absolute atomic E-state index is 12.4. The molecule has 0 unspecified atom stereocenters. The van der Waals surface area contributed by atoms with Crippen LogP contribution < -0.4 is 9.62 Å². The molecule has 2 rings (SSSR count). The molecule has 116 valence electrons. The minimum atomic E-state index is -3.56. The summed E-state index contributed by atoms with van der Waals surface area (Å²) in [7, 11) is -2.07. The van der Waals surface area contributed by atoms with Crippen molar-refractivity contribution in [3.63, 3.8) is 0 Å². The molecule has 0 spiro atoms. The van der Waals surface area contributed by atoms with E-state index >= 15 is 0 Å². The van der Waals surface area contributed by atoms with E-state index < -0.39 is 10.0 Å². The number of carbonyl (C=O) groups is 1. The van der Waals surface area contributed by atoms with Gasteiger partial charge in [0.15, 0.2) is 0 Å². The molecule has 0 aliphatic rings. The molecule has 1 aromatic heterocycles. The quantitative estimate of drug-likeness (QED) is 0.824. The minimum absolute atomic E-state index is 0.227. The van der Waals surface area contributed by atoms with Gasteiger partial charge in [-0.05, 0) is 35.7 Å². The predicted molar refractivity (Wildman–Crippen MR) is 88.9 cm³/mol. The maximum Gasteiger partial charge on any atom is 0.273 e. The van der Waals surface area contributed by atoms with Crippen LogP contribution in [0.15, 0.2) is 58.6 Å². The molecule has 0 radical (unpaired) electrons. The molecular formula is C15H16N2O3S2. The second-order valence-corrected chi connectivity index (χ2v) is 7.59. The third-order valence-corrected chi connectivity index (χ3v) is 6.17. The summed E-state index contributed by atoms with van der Waals surface area (Å²) < 4.78 is 26.3. The molecule has 0 fully saturated rings. The van der Waals surface area contributed by atoms with Crippen molar-refractivity contribution in [2.45, 2.75) is 4.21 Å². The Bertz CT molecular complexity index is 751. The van der Waals surface area contributed by atoms with Crippen molar-refractivity contribution < 1.29 is 13.2 Å². The number of sulfonamides is 1. The Morgan fingerprint density at radius 3 is 2.55 bits per heavy atom. The van der Waals surface area contributed by atoms with E-state index in [4.69, 9.17) is 0 Å². The number of hydrogen-bond donors (Lipinski definition) is 1. The smallest absolute Gasteiger partial charge is 0.273 e. The van der Waals surface area contributed by atoms with Gasteiger partial charge < -0.3 is 5.32 Å². The summed E-state index contributed by atoms with van der Waals surface area (Å²) in [6.45, 7) is 3.91. The van der Waals surface area contributed by atoms with E-state index in [1.165, 1.54) is 22.7 Å². The van der Waals surface area contributed by atoms with Gasteiger partial charge in [-0.25, -0.2) is 8.42 Å². The third-order valence-electron chi connectivity index (χ3n) is 3.01. The molecule has 5 nitrogen and oxygen atoms in total. The lowest BCUT2D eigenvalue weighted by atomic mass is 10.2. The van der Waals surface area contributed by atoms with Gasteiger partial charge in [0.05, 0.1) is 5.69 Å². The fourth-order valence-corrected chi connectivity index (χ4v) is 4.13. The van der Waals surface area contributed by atoms with Crippen LogP contribution in [0.3, 0.4) is 0 Å². The average Bonchev–Trinajstić information content (AvgIpc) is 3.07. The summed E-state index contributed by atoms with van der Waals surface area (Å²) in [6.07, 6.45) is 1.59. The summed E-state index contributed by atoms with van der Waals surface area (Å²) in [4.78, 5) is 11.8. The van der Waals surface area contributed by atoms with Crippen molar-refractivity contribution in [3.05, 3.63) is 60.0 Å². The summed E-state index contributed by atoms with van der Waals surface area (Å²) in [5, 5.41) is 4.38. The molecule has 1 heterocycles. The number of amides is 1. The lowest BCUT2D eigenvalue weighted by molar-refractivity contribution is 0.0958. The Labute approximate surface area is 133 Å². The molecule has 0 bridgehead atoms. The highest BCUT2D eigenvalue weighted by atomic mass is 32.2. The number of rotatable bonds is 6. The number of anilines is 1. The highest BCUT2D eigenvalue weighted by Crippen LogP contribution is 2.25. The largest absolute Gasteiger partial charge is 0.349 e. The molecular weight excluding hydrogens is 320 g/mol. The van der Waals surface area contributed by atoms with Gasteiger partial charge in [-0.3, -0.25) is 9.10 Å². The highest BCUT2D eigenvalue weighted by molar-refractivity contribution is 7.94. The van der Waals surface area contributed by atoms with E-state index in [0.717, 1.165) is 0 Å². The highest BCUT2D eigenvalue weighted by Gasteiger charge is 2.22. The summed E-state index contributed by atoms with van der Waals surface area (Å²) in [5.74, 6) is -0.227. The Kier molecular flexibility index (Phi) is 4.99. The number of nitrogens with zero attached hydrogens (tertiary/aromatic N) is 1. The maximum atomic E-state index is 12.4. The topological polar surface area (TPSA) is 66.5 Å². The molecule has 22 heavy (non-hydrogen) atoms. The number of thiophene rings is 1. The molecule has 1 aromatic carbocycles. The molecule has 1 amide bonds. The van der Waals surface area contributed by atoms with Crippen LogP contribution >= 0.6 is 11.3 Å². The summed E-state index contributed by atoms with van der Waals surface area (Å²) in [5.41, 5.74) is 0.959. The lowest BCUT2D eigenvalue weighted by Gasteiger charge is -2.18. The second-order valence-electron chi connectivity index (χ2n) is 4.45. The van der Waals surface area contributed by atoms with Crippen LogP contribution in [0.4, 0.5) is 5.69 Å². The SMILES string of the molecule is C=CCNC(=O)c1ccc(N(C)S(=O)(=O)c2cccs2)cc1. The van der Waals surface area contributed by atoms with Crippen molar-refractivity contribution in [1.82, 2.24) is 5.32 Å². The molecule has 7 heteroatoms. The standard InChI is InChI=1S/C15H16N2O3S2/c1-3-10-16-15(18)12-6-8-13(9-7-12)17(2)22(19,20)14-5-4-11-21-14/h3-9,11H,1,10H2,2H3,(H,16,18). The van der Waals surface area contributed by atoms with Crippen molar-refractivity contribution in [1.29, 1.82) is 0 Å². The number of hydrogen-bond acceptors (Lipinski definition) is 4. The fourth-order valence-electron chi connectivity index (χ4n) is 1.77. The zero-order valence-electron chi connectivity index (χ0n) is 12.0. The van der Waals surface area contributed by atoms with Gasteiger partial charge in [0, 0.05) is 19.2 Å². The zero-order valence-corrected chi connectivity index (χ0v) is 13.7. The Morgan fingerprint density at radius 2 is 2.00 bits per heavy atom. The Morgan fingerprint density at radius 1 is 1.32 bits per heavy atom. The number of nitrogens with one attached hydrogen (secondary N) is 1. The van der Waals surface area contributed by atoms with Crippen LogP contribution in [-0.4, -0.2) is 27.9 Å². The van der Waals surface area contributed by atoms with Crippen LogP contribution in [0.5, 0.6) is 0 Å². The minimum Gasteiger partial charge on any atom is -0.349 e. The lowest BCUT2D eigenvalue weighted by Crippen LogP contribution is -2.26. The molecule has 0 saturated carbocycles. The molecule has 1 N–H and O–H groups in total. The first-order valence-corrected chi connectivity index (χ1v) is 8.80.